The van der Waals surface area contributed by atoms with Crippen LogP contribution in [0.2, 0.25) is 0 Å². The van der Waals surface area contributed by atoms with E-state index >= 15 is 0 Å². The van der Waals surface area contributed by atoms with Crippen molar-refractivity contribution < 1.29 is 37.9 Å². The van der Waals surface area contributed by atoms with Gasteiger partial charge in [-0.05, 0) is 38.5 Å². The first-order chi connectivity index (χ1) is 26.8. The van der Waals surface area contributed by atoms with Gasteiger partial charge in [0.1, 0.15) is 6.61 Å². The fourth-order valence-electron chi connectivity index (χ4n) is 6.74. The van der Waals surface area contributed by atoms with E-state index in [-0.39, 0.29) is 19.4 Å². The molecule has 0 aliphatic heterocycles. The Labute approximate surface area is 339 Å². The van der Waals surface area contributed by atoms with Crippen molar-refractivity contribution in [2.24, 2.45) is 0 Å². The van der Waals surface area contributed by atoms with Gasteiger partial charge < -0.3 is 19.3 Å². The maximum absolute atomic E-state index is 12.4. The van der Waals surface area contributed by atoms with Crippen molar-refractivity contribution in [1.29, 1.82) is 0 Å². The van der Waals surface area contributed by atoms with Crippen molar-refractivity contribution in [2.75, 3.05) is 13.2 Å². The van der Waals surface area contributed by atoms with Crippen LogP contribution in [0.15, 0.2) is 24.3 Å². The number of carbonyl (C=O) groups is 2. The minimum atomic E-state index is -4.76. The molecule has 9 heteroatoms. The van der Waals surface area contributed by atoms with Gasteiger partial charge in [-0.25, -0.2) is 4.57 Å². The van der Waals surface area contributed by atoms with E-state index in [1.165, 1.54) is 141 Å². The third kappa shape index (κ3) is 45.1. The van der Waals surface area contributed by atoms with Gasteiger partial charge in [-0.1, -0.05) is 212 Å². The summed E-state index contributed by atoms with van der Waals surface area (Å²) in [6, 6.07) is 0. The second kappa shape index (κ2) is 42.1. The van der Waals surface area contributed by atoms with Gasteiger partial charge in [0, 0.05) is 12.8 Å². The molecule has 1 atom stereocenters. The van der Waals surface area contributed by atoms with Crippen LogP contribution in [0.3, 0.4) is 0 Å². The molecule has 0 aromatic carbocycles. The molecule has 0 radical (unpaired) electrons. The zero-order valence-electron chi connectivity index (χ0n) is 35.8. The maximum Gasteiger partial charge on any atom is 0.469 e. The van der Waals surface area contributed by atoms with Crippen LogP contribution in [0, 0.1) is 0 Å². The number of carbonyl (C=O) groups excluding carboxylic acids is 2. The average Bonchev–Trinajstić information content (AvgIpc) is 3.16. The van der Waals surface area contributed by atoms with Gasteiger partial charge in [-0.3, -0.25) is 14.1 Å². The highest BCUT2D eigenvalue weighted by molar-refractivity contribution is 7.46. The molecule has 55 heavy (non-hydrogen) atoms. The molecule has 0 aliphatic rings. The lowest BCUT2D eigenvalue weighted by Crippen LogP contribution is -2.29. The molecule has 0 aliphatic carbocycles. The Morgan fingerprint density at radius 3 is 1.25 bits per heavy atom. The van der Waals surface area contributed by atoms with Gasteiger partial charge >= 0.3 is 19.8 Å². The third-order valence-corrected chi connectivity index (χ3v) is 10.7. The van der Waals surface area contributed by atoms with Crippen molar-refractivity contribution in [3.63, 3.8) is 0 Å². The van der Waals surface area contributed by atoms with Crippen molar-refractivity contribution in [3.05, 3.63) is 24.3 Å². The molecule has 0 aromatic heterocycles. The normalized spacial score (nSPS) is 12.6. The lowest BCUT2D eigenvalue weighted by atomic mass is 10.0. The molecule has 2 N–H and O–H groups in total. The number of esters is 2. The van der Waals surface area contributed by atoms with E-state index in [0.717, 1.165) is 64.2 Å². The Balaban J connectivity index is 3.79. The predicted octanol–water partition coefficient (Wildman–Crippen LogP) is 14.4. The van der Waals surface area contributed by atoms with Crippen LogP contribution in [0.4, 0.5) is 0 Å². The zero-order valence-corrected chi connectivity index (χ0v) is 36.7. The Bertz CT molecular complexity index is 946. The summed E-state index contributed by atoms with van der Waals surface area (Å²) >= 11 is 0. The summed E-state index contributed by atoms with van der Waals surface area (Å²) in [5, 5.41) is 0. The summed E-state index contributed by atoms with van der Waals surface area (Å²) < 4.78 is 26.4. The highest BCUT2D eigenvalue weighted by atomic mass is 31.2. The summed E-state index contributed by atoms with van der Waals surface area (Å²) in [4.78, 5) is 42.9. The summed E-state index contributed by atoms with van der Waals surface area (Å²) in [7, 11) is -4.76. The highest BCUT2D eigenvalue weighted by Gasteiger charge is 2.23. The van der Waals surface area contributed by atoms with Gasteiger partial charge in [0.2, 0.25) is 0 Å². The minimum absolute atomic E-state index is 0.199. The van der Waals surface area contributed by atoms with Gasteiger partial charge in [0.15, 0.2) is 6.10 Å². The lowest BCUT2D eigenvalue weighted by molar-refractivity contribution is -0.161. The van der Waals surface area contributed by atoms with E-state index in [1.54, 1.807) is 0 Å². The Morgan fingerprint density at radius 2 is 0.836 bits per heavy atom. The Hall–Kier alpha value is -1.47. The standard InChI is InChI=1S/C46H87O8P/c1-3-5-7-9-11-13-15-17-19-20-21-22-23-24-25-26-27-29-30-32-34-36-38-40-45(47)52-42-44(43-53-55(49,50)51)54-46(48)41-39-37-35-33-31-28-18-16-14-12-10-8-6-4-2/h10,12,16,18,44H,3-9,11,13-15,17,19-43H2,1-2H3,(H2,49,50,51)/b12-10-,18-16-. The Kier molecular flexibility index (Phi) is 41.0. The molecule has 8 nitrogen and oxygen atoms in total. The van der Waals surface area contributed by atoms with Crippen LogP contribution >= 0.6 is 7.82 Å². The second-order valence-electron chi connectivity index (χ2n) is 15.7. The second-order valence-corrected chi connectivity index (χ2v) is 17.0. The predicted molar refractivity (Wildman–Crippen MR) is 230 cm³/mol. The molecular formula is C46H87O8P. The lowest BCUT2D eigenvalue weighted by Gasteiger charge is -2.18. The largest absolute Gasteiger partial charge is 0.469 e. The topological polar surface area (TPSA) is 119 Å². The molecule has 0 saturated carbocycles. The number of unbranched alkanes of at least 4 members (excludes halogenated alkanes) is 29. The van der Waals surface area contributed by atoms with Gasteiger partial charge in [-0.2, -0.15) is 0 Å². The molecule has 0 rings (SSSR count). The molecule has 0 fully saturated rings. The fourth-order valence-corrected chi connectivity index (χ4v) is 7.11. The number of hydrogen-bond acceptors (Lipinski definition) is 6. The van der Waals surface area contributed by atoms with Crippen LogP contribution in [0.25, 0.3) is 0 Å². The van der Waals surface area contributed by atoms with Crippen LogP contribution in [0.5, 0.6) is 0 Å². The molecule has 0 heterocycles. The SMILES string of the molecule is CCCC/C=C\C/C=C\CCCCCCCC(=O)OC(COC(=O)CCCCCCCCCCCCCCCCCCCCCCCCC)COP(=O)(O)O. The molecular weight excluding hydrogens is 711 g/mol. The first-order valence-corrected chi connectivity index (χ1v) is 24.7. The zero-order chi connectivity index (χ0) is 40.3. The van der Waals surface area contributed by atoms with Crippen LogP contribution in [0.1, 0.15) is 239 Å². The first-order valence-electron chi connectivity index (χ1n) is 23.1. The number of hydrogen-bond donors (Lipinski definition) is 2. The number of rotatable bonds is 43. The number of phosphoric acid groups is 1. The Morgan fingerprint density at radius 1 is 0.473 bits per heavy atom. The summed E-state index contributed by atoms with van der Waals surface area (Å²) in [5.41, 5.74) is 0. The maximum atomic E-state index is 12.4. The molecule has 1 unspecified atom stereocenters. The van der Waals surface area contributed by atoms with Crippen LogP contribution < -0.4 is 0 Å². The molecule has 0 amide bonds. The molecule has 0 spiro atoms. The molecule has 324 valence electrons. The van der Waals surface area contributed by atoms with E-state index in [0.29, 0.717) is 6.42 Å². The molecule has 0 saturated heterocycles. The average molecular weight is 799 g/mol. The van der Waals surface area contributed by atoms with Crippen LogP contribution in [-0.2, 0) is 28.2 Å². The van der Waals surface area contributed by atoms with Crippen molar-refractivity contribution in [1.82, 2.24) is 0 Å². The van der Waals surface area contributed by atoms with Crippen molar-refractivity contribution >= 4 is 19.8 Å². The number of allylic oxidation sites excluding steroid dienone is 4. The van der Waals surface area contributed by atoms with Crippen LogP contribution in [-0.4, -0.2) is 41.0 Å². The van der Waals surface area contributed by atoms with Crippen molar-refractivity contribution in [3.8, 4) is 0 Å². The van der Waals surface area contributed by atoms with E-state index in [2.05, 4.69) is 42.7 Å². The summed E-state index contributed by atoms with van der Waals surface area (Å²) in [6.45, 7) is 3.66. The van der Waals surface area contributed by atoms with E-state index in [1.807, 2.05) is 0 Å². The van der Waals surface area contributed by atoms with Gasteiger partial charge in [-0.15, -0.1) is 0 Å². The van der Waals surface area contributed by atoms with E-state index < -0.39 is 32.5 Å². The fraction of sp³-hybridized carbons (Fsp3) is 0.870. The van der Waals surface area contributed by atoms with Gasteiger partial charge in [0.25, 0.3) is 0 Å². The van der Waals surface area contributed by atoms with Gasteiger partial charge in [0.05, 0.1) is 6.61 Å². The number of phosphoric ester groups is 1. The molecule has 0 aromatic rings. The van der Waals surface area contributed by atoms with E-state index in [9.17, 15) is 14.2 Å². The molecule has 0 bridgehead atoms. The summed E-state index contributed by atoms with van der Waals surface area (Å²) in [5.74, 6) is -0.890. The minimum Gasteiger partial charge on any atom is -0.462 e. The summed E-state index contributed by atoms with van der Waals surface area (Å²) in [6.07, 6.45) is 49.1. The smallest absolute Gasteiger partial charge is 0.462 e. The monoisotopic (exact) mass is 799 g/mol. The highest BCUT2D eigenvalue weighted by Crippen LogP contribution is 2.36. The number of ether oxygens (including phenoxy) is 2. The van der Waals surface area contributed by atoms with E-state index in [4.69, 9.17) is 19.3 Å². The quantitative estimate of drug-likeness (QED) is 0.0271. The van der Waals surface area contributed by atoms with Crippen molar-refractivity contribution in [2.45, 2.75) is 245 Å². The first kappa shape index (κ1) is 53.5. The third-order valence-electron chi connectivity index (χ3n) is 10.2.